The first kappa shape index (κ1) is 12.8. The highest BCUT2D eigenvalue weighted by atomic mass is 16.4. The number of likely N-dealkylation sites (tertiary alicyclic amines) is 1. The van der Waals surface area contributed by atoms with Crippen molar-refractivity contribution in [3.05, 3.63) is 41.0 Å². The number of nitrogens with zero attached hydrogens (tertiary/aromatic N) is 1. The van der Waals surface area contributed by atoms with Gasteiger partial charge in [0, 0.05) is 12.1 Å². The first-order chi connectivity index (χ1) is 8.65. The molecule has 1 aromatic rings. The molecule has 0 bridgehead atoms. The molecule has 3 heteroatoms. The van der Waals surface area contributed by atoms with Gasteiger partial charge < -0.3 is 5.11 Å². The van der Waals surface area contributed by atoms with E-state index in [4.69, 9.17) is 5.11 Å². The van der Waals surface area contributed by atoms with Crippen LogP contribution in [0.5, 0.6) is 0 Å². The third-order valence-electron chi connectivity index (χ3n) is 3.31. The van der Waals surface area contributed by atoms with Crippen LogP contribution in [0, 0.1) is 0 Å². The van der Waals surface area contributed by atoms with E-state index in [1.165, 1.54) is 31.5 Å². The summed E-state index contributed by atoms with van der Waals surface area (Å²) in [5, 5.41) is 8.81. The second-order valence-corrected chi connectivity index (χ2v) is 4.86. The molecule has 2 rings (SSSR count). The summed E-state index contributed by atoms with van der Waals surface area (Å²) < 4.78 is 0. The molecule has 1 saturated heterocycles. The van der Waals surface area contributed by atoms with Gasteiger partial charge in [0.25, 0.3) is 0 Å². The van der Waals surface area contributed by atoms with E-state index in [1.807, 2.05) is 12.1 Å². The lowest BCUT2D eigenvalue weighted by atomic mass is 10.1. The molecule has 0 aliphatic carbocycles. The minimum atomic E-state index is -0.865. The van der Waals surface area contributed by atoms with Gasteiger partial charge in [-0.2, -0.15) is 0 Å². The van der Waals surface area contributed by atoms with Gasteiger partial charge in [0.15, 0.2) is 0 Å². The smallest absolute Gasteiger partial charge is 0.331 e. The van der Waals surface area contributed by atoms with E-state index in [1.54, 1.807) is 13.0 Å². The van der Waals surface area contributed by atoms with Crippen molar-refractivity contribution in [2.24, 2.45) is 0 Å². The van der Waals surface area contributed by atoms with Crippen LogP contribution in [-0.4, -0.2) is 29.1 Å². The molecule has 0 saturated carbocycles. The van der Waals surface area contributed by atoms with Gasteiger partial charge in [0.05, 0.1) is 0 Å². The Morgan fingerprint density at radius 1 is 1.28 bits per heavy atom. The molecule has 96 valence electrons. The Balaban J connectivity index is 2.00. The number of aliphatic carboxylic acids is 1. The van der Waals surface area contributed by atoms with Crippen molar-refractivity contribution < 1.29 is 9.90 Å². The Morgan fingerprint density at radius 3 is 2.44 bits per heavy atom. The summed E-state index contributed by atoms with van der Waals surface area (Å²) in [6.45, 7) is 5.00. The third-order valence-corrected chi connectivity index (χ3v) is 3.31. The maximum Gasteiger partial charge on any atom is 0.331 e. The van der Waals surface area contributed by atoms with Gasteiger partial charge in [-0.3, -0.25) is 4.90 Å². The molecule has 0 aromatic heterocycles. The second kappa shape index (κ2) is 5.83. The predicted octanol–water partition coefficient (Wildman–Crippen LogP) is 2.77. The number of hydrogen-bond donors (Lipinski definition) is 1. The molecular weight excluding hydrogens is 226 g/mol. The van der Waals surface area contributed by atoms with E-state index < -0.39 is 5.97 Å². The Kier molecular flexibility index (Phi) is 4.15. The standard InChI is InChI=1S/C15H19NO2/c1-12(15(17)18)10-13-4-6-14(7-5-13)11-16-8-2-3-9-16/h4-7,10H,2-3,8-9,11H2,1H3,(H,17,18). The number of hydrogen-bond acceptors (Lipinski definition) is 2. The van der Waals surface area contributed by atoms with Crippen molar-refractivity contribution in [3.8, 4) is 0 Å². The summed E-state index contributed by atoms with van der Waals surface area (Å²) in [4.78, 5) is 13.2. The Morgan fingerprint density at radius 2 is 1.89 bits per heavy atom. The topological polar surface area (TPSA) is 40.5 Å². The summed E-state index contributed by atoms with van der Waals surface area (Å²) in [6.07, 6.45) is 4.30. The molecule has 1 aliphatic heterocycles. The molecule has 1 aromatic carbocycles. The average Bonchev–Trinajstić information content (AvgIpc) is 2.84. The summed E-state index contributed by atoms with van der Waals surface area (Å²) in [6, 6.07) is 8.13. The average molecular weight is 245 g/mol. The number of benzene rings is 1. The monoisotopic (exact) mass is 245 g/mol. The minimum Gasteiger partial charge on any atom is -0.478 e. The SMILES string of the molecule is CC(=Cc1ccc(CN2CCCC2)cc1)C(=O)O. The van der Waals surface area contributed by atoms with Crippen LogP contribution in [0.2, 0.25) is 0 Å². The Bertz CT molecular complexity index is 442. The van der Waals surface area contributed by atoms with Crippen LogP contribution in [0.4, 0.5) is 0 Å². The first-order valence-corrected chi connectivity index (χ1v) is 6.38. The molecule has 0 atom stereocenters. The number of carboxylic acid groups (broad SMARTS) is 1. The van der Waals surface area contributed by atoms with E-state index in [-0.39, 0.29) is 0 Å². The van der Waals surface area contributed by atoms with Crippen LogP contribution in [0.3, 0.4) is 0 Å². The summed E-state index contributed by atoms with van der Waals surface area (Å²) in [5.41, 5.74) is 2.60. The van der Waals surface area contributed by atoms with Crippen LogP contribution in [0.1, 0.15) is 30.9 Å². The lowest BCUT2D eigenvalue weighted by Gasteiger charge is -2.14. The van der Waals surface area contributed by atoms with Crippen LogP contribution in [0.25, 0.3) is 6.08 Å². The van der Waals surface area contributed by atoms with E-state index in [0.717, 1.165) is 12.1 Å². The molecule has 1 fully saturated rings. The van der Waals surface area contributed by atoms with E-state index >= 15 is 0 Å². The molecule has 0 spiro atoms. The highest BCUT2D eigenvalue weighted by Gasteiger charge is 2.11. The van der Waals surface area contributed by atoms with Crippen LogP contribution < -0.4 is 0 Å². The predicted molar refractivity (Wildman–Crippen MR) is 72.2 cm³/mol. The van der Waals surface area contributed by atoms with Gasteiger partial charge in [-0.25, -0.2) is 4.79 Å². The Hall–Kier alpha value is -1.61. The zero-order chi connectivity index (χ0) is 13.0. The van der Waals surface area contributed by atoms with Gasteiger partial charge in [-0.05, 0) is 50.1 Å². The second-order valence-electron chi connectivity index (χ2n) is 4.86. The molecule has 3 nitrogen and oxygen atoms in total. The normalized spacial score (nSPS) is 17.1. The molecule has 1 N–H and O–H groups in total. The quantitative estimate of drug-likeness (QED) is 0.829. The third kappa shape index (κ3) is 3.44. The van der Waals surface area contributed by atoms with Gasteiger partial charge in [0.1, 0.15) is 0 Å². The number of carboxylic acids is 1. The summed E-state index contributed by atoms with van der Waals surface area (Å²) in [7, 11) is 0. The highest BCUT2D eigenvalue weighted by molar-refractivity contribution is 5.91. The van der Waals surface area contributed by atoms with Gasteiger partial charge in [-0.15, -0.1) is 0 Å². The van der Waals surface area contributed by atoms with E-state index in [2.05, 4.69) is 17.0 Å². The van der Waals surface area contributed by atoms with E-state index in [9.17, 15) is 4.79 Å². The fourth-order valence-electron chi connectivity index (χ4n) is 2.23. The maximum atomic E-state index is 10.7. The first-order valence-electron chi connectivity index (χ1n) is 6.38. The van der Waals surface area contributed by atoms with E-state index in [0.29, 0.717) is 5.57 Å². The van der Waals surface area contributed by atoms with Crippen molar-refractivity contribution in [1.29, 1.82) is 0 Å². The number of carbonyl (C=O) groups is 1. The van der Waals surface area contributed by atoms with Crippen LogP contribution in [0.15, 0.2) is 29.8 Å². The highest BCUT2D eigenvalue weighted by Crippen LogP contribution is 2.14. The van der Waals surface area contributed by atoms with Gasteiger partial charge in [0.2, 0.25) is 0 Å². The Labute approximate surface area is 108 Å². The summed E-state index contributed by atoms with van der Waals surface area (Å²) in [5.74, 6) is -0.865. The van der Waals surface area contributed by atoms with Gasteiger partial charge in [-0.1, -0.05) is 24.3 Å². The lowest BCUT2D eigenvalue weighted by Crippen LogP contribution is -2.18. The fraction of sp³-hybridized carbons (Fsp3) is 0.400. The largest absolute Gasteiger partial charge is 0.478 e. The zero-order valence-electron chi connectivity index (χ0n) is 10.7. The fourth-order valence-corrected chi connectivity index (χ4v) is 2.23. The molecule has 1 heterocycles. The van der Waals surface area contributed by atoms with Crippen molar-refractivity contribution in [2.75, 3.05) is 13.1 Å². The zero-order valence-corrected chi connectivity index (χ0v) is 10.7. The molecule has 18 heavy (non-hydrogen) atoms. The molecular formula is C15H19NO2. The van der Waals surface area contributed by atoms with Crippen molar-refractivity contribution in [3.63, 3.8) is 0 Å². The number of rotatable bonds is 4. The summed E-state index contributed by atoms with van der Waals surface area (Å²) >= 11 is 0. The minimum absolute atomic E-state index is 0.363. The van der Waals surface area contributed by atoms with Gasteiger partial charge >= 0.3 is 5.97 Å². The van der Waals surface area contributed by atoms with Crippen molar-refractivity contribution in [2.45, 2.75) is 26.3 Å². The van der Waals surface area contributed by atoms with Crippen LogP contribution in [-0.2, 0) is 11.3 Å². The molecule has 1 aliphatic rings. The van der Waals surface area contributed by atoms with Crippen molar-refractivity contribution >= 4 is 12.0 Å². The lowest BCUT2D eigenvalue weighted by molar-refractivity contribution is -0.132. The molecule has 0 amide bonds. The molecule has 0 unspecified atom stereocenters. The van der Waals surface area contributed by atoms with Crippen LogP contribution >= 0.6 is 0 Å². The molecule has 0 radical (unpaired) electrons. The van der Waals surface area contributed by atoms with Crippen molar-refractivity contribution in [1.82, 2.24) is 4.90 Å². The maximum absolute atomic E-state index is 10.7.